The average Bonchev–Trinajstić information content (AvgIpc) is 3.33. The second-order valence-electron chi connectivity index (χ2n) is 9.70. The third kappa shape index (κ3) is 6.11. The van der Waals surface area contributed by atoms with E-state index >= 15 is 0 Å². The molecule has 4 aromatic rings. The Kier molecular flexibility index (Phi) is 8.91. The first-order valence-corrected chi connectivity index (χ1v) is 14.4. The number of methoxy groups -OCH3 is 2. The quantitative estimate of drug-likeness (QED) is 0.147. The zero-order valence-electron chi connectivity index (χ0n) is 24.4. The van der Waals surface area contributed by atoms with Crippen LogP contribution in [0.3, 0.4) is 0 Å². The number of carbonyl (C=O) groups excluding carboxylic acids is 1. The molecule has 1 atom stereocenters. The summed E-state index contributed by atoms with van der Waals surface area (Å²) in [6.45, 7) is 3.83. The lowest BCUT2D eigenvalue weighted by Crippen LogP contribution is -2.39. The molecule has 0 unspecified atom stereocenters. The number of non-ortho nitro benzene ring substituents is 1. The first kappa shape index (κ1) is 30.2. The van der Waals surface area contributed by atoms with Crippen LogP contribution in [0.15, 0.2) is 87.8 Å². The topological polar surface area (TPSA) is 131 Å². The van der Waals surface area contributed by atoms with E-state index in [9.17, 15) is 19.7 Å². The molecule has 2 heterocycles. The summed E-state index contributed by atoms with van der Waals surface area (Å²) in [6, 6.07) is 17.8. The number of hydrogen-bond acceptors (Lipinski definition) is 10. The number of esters is 1. The largest absolute Gasteiger partial charge is 0.497 e. The summed E-state index contributed by atoms with van der Waals surface area (Å²) in [5.41, 5.74) is 2.64. The number of thiazole rings is 1. The molecular formula is C32H29N3O8S. The minimum absolute atomic E-state index is 0.00330. The summed E-state index contributed by atoms with van der Waals surface area (Å²) in [4.78, 5) is 42.5. The van der Waals surface area contributed by atoms with Crippen molar-refractivity contribution in [2.45, 2.75) is 26.5 Å². The first-order chi connectivity index (χ1) is 21.2. The van der Waals surface area contributed by atoms with Gasteiger partial charge in [0.25, 0.3) is 11.2 Å². The smallest absolute Gasteiger partial charge is 0.338 e. The Bertz CT molecular complexity index is 1930. The van der Waals surface area contributed by atoms with Crippen molar-refractivity contribution in [3.63, 3.8) is 0 Å². The van der Waals surface area contributed by atoms with Crippen LogP contribution in [0.25, 0.3) is 6.08 Å². The average molecular weight is 616 g/mol. The zero-order valence-corrected chi connectivity index (χ0v) is 25.3. The molecule has 0 amide bonds. The SMILES string of the molecule is CCOC(=O)C1=C(C)N=c2s/c(=C\c3ccc(OCc4ccc([N+](=O)[O-])cc4)c(OC)c3)c(=O)n2[C@H]1c1ccc(OC)cc1. The highest BCUT2D eigenvalue weighted by Crippen LogP contribution is 2.32. The highest BCUT2D eigenvalue weighted by atomic mass is 32.1. The Hall–Kier alpha value is -5.23. The van der Waals surface area contributed by atoms with Gasteiger partial charge in [0.2, 0.25) is 0 Å². The van der Waals surface area contributed by atoms with E-state index in [-0.39, 0.29) is 24.5 Å². The highest BCUT2D eigenvalue weighted by molar-refractivity contribution is 7.07. The van der Waals surface area contributed by atoms with Crippen molar-refractivity contribution in [3.05, 3.63) is 124 Å². The molecule has 1 aliphatic rings. The molecule has 0 saturated carbocycles. The summed E-state index contributed by atoms with van der Waals surface area (Å²) in [7, 11) is 3.08. The Morgan fingerprint density at radius 3 is 2.41 bits per heavy atom. The predicted molar refractivity (Wildman–Crippen MR) is 164 cm³/mol. The number of nitro groups is 1. The van der Waals surface area contributed by atoms with Crippen LogP contribution in [0.1, 0.15) is 36.6 Å². The lowest BCUT2D eigenvalue weighted by atomic mass is 9.96. The van der Waals surface area contributed by atoms with Crippen molar-refractivity contribution >= 4 is 29.1 Å². The van der Waals surface area contributed by atoms with Crippen molar-refractivity contribution in [2.75, 3.05) is 20.8 Å². The number of allylic oxidation sites excluding steroid dienone is 1. The molecule has 11 nitrogen and oxygen atoms in total. The minimum Gasteiger partial charge on any atom is -0.497 e. The Morgan fingerprint density at radius 1 is 1.05 bits per heavy atom. The Labute approximate surface area is 256 Å². The first-order valence-electron chi connectivity index (χ1n) is 13.6. The van der Waals surface area contributed by atoms with Gasteiger partial charge in [-0.05, 0) is 73.0 Å². The lowest BCUT2D eigenvalue weighted by Gasteiger charge is -2.24. The fourth-order valence-corrected chi connectivity index (χ4v) is 5.86. The van der Waals surface area contributed by atoms with Gasteiger partial charge in [-0.3, -0.25) is 19.5 Å². The second-order valence-corrected chi connectivity index (χ2v) is 10.7. The number of nitrogens with zero attached hydrogens (tertiary/aromatic N) is 3. The van der Waals surface area contributed by atoms with Gasteiger partial charge < -0.3 is 18.9 Å². The van der Waals surface area contributed by atoms with E-state index in [1.165, 1.54) is 35.1 Å². The lowest BCUT2D eigenvalue weighted by molar-refractivity contribution is -0.384. The number of hydrogen-bond donors (Lipinski definition) is 0. The van der Waals surface area contributed by atoms with Crippen LogP contribution in [0.5, 0.6) is 17.2 Å². The van der Waals surface area contributed by atoms with Gasteiger partial charge in [0, 0.05) is 12.1 Å². The van der Waals surface area contributed by atoms with Crippen LogP contribution in [-0.2, 0) is 16.1 Å². The van der Waals surface area contributed by atoms with Crippen molar-refractivity contribution in [1.82, 2.24) is 4.57 Å². The molecule has 0 bridgehead atoms. The van der Waals surface area contributed by atoms with E-state index in [1.54, 1.807) is 69.5 Å². The van der Waals surface area contributed by atoms with Crippen LogP contribution < -0.4 is 29.1 Å². The van der Waals surface area contributed by atoms with Gasteiger partial charge in [-0.15, -0.1) is 0 Å². The number of benzene rings is 3. The van der Waals surface area contributed by atoms with Gasteiger partial charge >= 0.3 is 5.97 Å². The second kappa shape index (κ2) is 13.0. The van der Waals surface area contributed by atoms with Crippen molar-refractivity contribution in [3.8, 4) is 17.2 Å². The molecule has 0 radical (unpaired) electrons. The monoisotopic (exact) mass is 615 g/mol. The number of fused-ring (bicyclic) bond motifs is 1. The molecule has 0 N–H and O–H groups in total. The number of carbonyl (C=O) groups is 1. The number of rotatable bonds is 10. The van der Waals surface area contributed by atoms with E-state index in [2.05, 4.69) is 4.99 Å². The van der Waals surface area contributed by atoms with Crippen LogP contribution in [0.2, 0.25) is 0 Å². The molecule has 1 aromatic heterocycles. The van der Waals surface area contributed by atoms with Crippen LogP contribution in [0.4, 0.5) is 5.69 Å². The maximum absolute atomic E-state index is 13.9. The summed E-state index contributed by atoms with van der Waals surface area (Å²) in [6.07, 6.45) is 1.74. The van der Waals surface area contributed by atoms with Gasteiger partial charge in [0.15, 0.2) is 16.3 Å². The summed E-state index contributed by atoms with van der Waals surface area (Å²) < 4.78 is 24.0. The third-order valence-electron chi connectivity index (χ3n) is 6.98. The third-order valence-corrected chi connectivity index (χ3v) is 7.96. The molecular weight excluding hydrogens is 586 g/mol. The zero-order chi connectivity index (χ0) is 31.4. The van der Waals surface area contributed by atoms with Crippen molar-refractivity contribution in [1.29, 1.82) is 0 Å². The van der Waals surface area contributed by atoms with E-state index in [0.717, 1.165) is 5.56 Å². The minimum atomic E-state index is -0.733. The maximum Gasteiger partial charge on any atom is 0.338 e. The molecule has 5 rings (SSSR count). The van der Waals surface area contributed by atoms with E-state index in [4.69, 9.17) is 18.9 Å². The van der Waals surface area contributed by atoms with E-state index in [0.29, 0.717) is 49.0 Å². The van der Waals surface area contributed by atoms with Gasteiger partial charge in [-0.1, -0.05) is 29.5 Å². The molecule has 12 heteroatoms. The van der Waals surface area contributed by atoms with E-state index in [1.807, 2.05) is 12.1 Å². The standard InChI is InChI=1S/C32H29N3O8S/c1-5-42-31(37)28-19(2)33-32-34(29(28)22-9-13-24(40-3)14-10-22)30(36)27(44-32)17-21-8-15-25(26(16-21)41-4)43-18-20-6-11-23(12-7-20)35(38)39/h6-17,29H,5,18H2,1-4H3/b27-17-/t29-/m0/s1. The molecule has 44 heavy (non-hydrogen) atoms. The number of ether oxygens (including phenoxy) is 4. The Balaban J connectivity index is 1.50. The summed E-state index contributed by atoms with van der Waals surface area (Å²) in [5, 5.41) is 10.9. The molecule has 226 valence electrons. The predicted octanol–water partition coefficient (Wildman–Crippen LogP) is 4.30. The normalized spacial score (nSPS) is 14.5. The number of aromatic nitrogens is 1. The molecule has 1 aliphatic heterocycles. The molecule has 0 aliphatic carbocycles. The van der Waals surface area contributed by atoms with E-state index < -0.39 is 16.9 Å². The van der Waals surface area contributed by atoms with Crippen molar-refractivity contribution in [2.24, 2.45) is 4.99 Å². The number of nitro benzene ring substituents is 1. The van der Waals surface area contributed by atoms with Gasteiger partial charge in [-0.2, -0.15) is 0 Å². The molecule has 3 aromatic carbocycles. The Morgan fingerprint density at radius 2 is 1.77 bits per heavy atom. The van der Waals surface area contributed by atoms with Crippen LogP contribution in [0, 0.1) is 10.1 Å². The summed E-state index contributed by atoms with van der Waals surface area (Å²) in [5.74, 6) is 1.04. The van der Waals surface area contributed by atoms with Crippen molar-refractivity contribution < 1.29 is 28.7 Å². The van der Waals surface area contributed by atoms with Gasteiger partial charge in [-0.25, -0.2) is 9.79 Å². The van der Waals surface area contributed by atoms with Crippen LogP contribution in [-0.4, -0.2) is 36.3 Å². The fraction of sp³-hybridized carbons (Fsp3) is 0.219. The molecule has 0 spiro atoms. The molecule has 0 fully saturated rings. The van der Waals surface area contributed by atoms with Gasteiger partial charge in [0.1, 0.15) is 12.4 Å². The van der Waals surface area contributed by atoms with Gasteiger partial charge in [0.05, 0.1) is 47.6 Å². The maximum atomic E-state index is 13.9. The fourth-order valence-electron chi connectivity index (χ4n) is 4.81. The molecule has 0 saturated heterocycles. The summed E-state index contributed by atoms with van der Waals surface area (Å²) >= 11 is 1.22. The highest BCUT2D eigenvalue weighted by Gasteiger charge is 2.33. The van der Waals surface area contributed by atoms with Crippen LogP contribution >= 0.6 is 11.3 Å².